The zero-order valence-electron chi connectivity index (χ0n) is 11.5. The third kappa shape index (κ3) is 4.20. The van der Waals surface area contributed by atoms with Crippen molar-refractivity contribution in [1.82, 2.24) is 0 Å². The summed E-state index contributed by atoms with van der Waals surface area (Å²) in [6.45, 7) is 7.54. The van der Waals surface area contributed by atoms with Gasteiger partial charge < -0.3 is 9.57 Å². The number of oxime groups is 1. The lowest BCUT2D eigenvalue weighted by molar-refractivity contribution is -0.133. The molecular weight excluding hydrogens is 230 g/mol. The minimum absolute atomic E-state index is 0.177. The van der Waals surface area contributed by atoms with Crippen LogP contribution in [0, 0.1) is 6.92 Å². The molecule has 0 radical (unpaired) electrons. The van der Waals surface area contributed by atoms with Gasteiger partial charge in [-0.2, -0.15) is 0 Å². The van der Waals surface area contributed by atoms with Crippen LogP contribution in [-0.2, 0) is 14.4 Å². The molecule has 1 rings (SSSR count). The lowest BCUT2D eigenvalue weighted by Crippen LogP contribution is -2.22. The van der Waals surface area contributed by atoms with Crippen LogP contribution in [0.15, 0.2) is 29.4 Å². The van der Waals surface area contributed by atoms with Gasteiger partial charge in [-0.3, -0.25) is 0 Å². The predicted molar refractivity (Wildman–Crippen MR) is 70.6 cm³/mol. The highest BCUT2D eigenvalue weighted by Gasteiger charge is 2.18. The molecule has 0 fully saturated rings. The average molecular weight is 249 g/mol. The summed E-state index contributed by atoms with van der Waals surface area (Å²) in [7, 11) is 1.32. The number of rotatable bonds is 3. The van der Waals surface area contributed by atoms with Gasteiger partial charge in [0, 0.05) is 5.56 Å². The molecule has 98 valence electrons. The van der Waals surface area contributed by atoms with Gasteiger partial charge in [-0.15, -0.1) is 0 Å². The van der Waals surface area contributed by atoms with Crippen molar-refractivity contribution in [3.63, 3.8) is 0 Å². The quantitative estimate of drug-likeness (QED) is 0.470. The van der Waals surface area contributed by atoms with E-state index < -0.39 is 11.6 Å². The predicted octanol–water partition coefficient (Wildman–Crippen LogP) is 2.69. The number of carbonyl (C=O) groups excluding carboxylic acids is 1. The smallest absolute Gasteiger partial charge is 0.360 e. The summed E-state index contributed by atoms with van der Waals surface area (Å²) >= 11 is 0. The number of ether oxygens (including phenoxy) is 1. The number of nitrogens with zero attached hydrogens (tertiary/aromatic N) is 1. The maximum atomic E-state index is 11.7. The molecule has 1 aromatic carbocycles. The number of carbonyl (C=O) groups is 1. The first-order valence-electron chi connectivity index (χ1n) is 5.75. The van der Waals surface area contributed by atoms with E-state index in [9.17, 15) is 4.79 Å². The average Bonchev–Trinajstić information content (AvgIpc) is 2.27. The molecule has 18 heavy (non-hydrogen) atoms. The number of hydrogen-bond donors (Lipinski definition) is 0. The Kier molecular flexibility index (Phi) is 4.48. The Bertz CT molecular complexity index is 458. The van der Waals surface area contributed by atoms with Gasteiger partial charge in [0.15, 0.2) is 5.71 Å². The van der Waals surface area contributed by atoms with Crippen molar-refractivity contribution in [2.75, 3.05) is 7.11 Å². The minimum atomic E-state index is -0.509. The van der Waals surface area contributed by atoms with Gasteiger partial charge in [0.25, 0.3) is 0 Å². The molecule has 0 N–H and O–H groups in total. The molecule has 4 nitrogen and oxygen atoms in total. The van der Waals surface area contributed by atoms with Crippen molar-refractivity contribution in [2.45, 2.75) is 33.3 Å². The molecule has 0 aromatic heterocycles. The molecule has 0 bridgehead atoms. The van der Waals surface area contributed by atoms with Crippen molar-refractivity contribution in [3.8, 4) is 0 Å². The van der Waals surface area contributed by atoms with Gasteiger partial charge in [-0.1, -0.05) is 28.9 Å². The van der Waals surface area contributed by atoms with E-state index in [1.807, 2.05) is 45.9 Å². The van der Waals surface area contributed by atoms with Crippen molar-refractivity contribution in [3.05, 3.63) is 35.4 Å². The lowest BCUT2D eigenvalue weighted by Gasteiger charge is -2.16. The molecule has 0 saturated heterocycles. The molecule has 0 unspecified atom stereocenters. The van der Waals surface area contributed by atoms with Gasteiger partial charge in [-0.25, -0.2) is 4.79 Å². The summed E-state index contributed by atoms with van der Waals surface area (Å²) in [6, 6.07) is 7.47. The molecule has 4 heteroatoms. The maximum Gasteiger partial charge on any atom is 0.360 e. The van der Waals surface area contributed by atoms with E-state index >= 15 is 0 Å². The van der Waals surface area contributed by atoms with Gasteiger partial charge in [0.1, 0.15) is 5.60 Å². The molecule has 0 aliphatic rings. The lowest BCUT2D eigenvalue weighted by atomic mass is 10.1. The second kappa shape index (κ2) is 5.67. The van der Waals surface area contributed by atoms with Crippen LogP contribution in [0.5, 0.6) is 0 Å². The summed E-state index contributed by atoms with van der Waals surface area (Å²) in [5.74, 6) is -0.509. The standard InChI is InChI=1S/C14H19NO3/c1-10-7-6-8-11(9-10)12(13(16)17-5)15-18-14(2,3)4/h6-9H,1-5H3/b15-12+. The fourth-order valence-corrected chi connectivity index (χ4v) is 1.28. The Morgan fingerprint density at radius 3 is 2.44 bits per heavy atom. The van der Waals surface area contributed by atoms with E-state index in [1.54, 1.807) is 6.07 Å². The Balaban J connectivity index is 3.10. The summed E-state index contributed by atoms with van der Waals surface area (Å²) in [5, 5.41) is 3.92. The van der Waals surface area contributed by atoms with Crippen LogP contribution in [0.3, 0.4) is 0 Å². The molecule has 0 saturated carbocycles. The first-order chi connectivity index (χ1) is 8.33. The zero-order valence-corrected chi connectivity index (χ0v) is 11.5. The maximum absolute atomic E-state index is 11.7. The third-order valence-corrected chi connectivity index (χ3v) is 2.08. The molecule has 1 aromatic rings. The highest BCUT2D eigenvalue weighted by molar-refractivity contribution is 6.43. The fourth-order valence-electron chi connectivity index (χ4n) is 1.28. The van der Waals surface area contributed by atoms with Crippen molar-refractivity contribution >= 4 is 11.7 Å². The SMILES string of the molecule is COC(=O)/C(=N/OC(C)(C)C)c1cccc(C)c1. The van der Waals surface area contributed by atoms with Crippen molar-refractivity contribution in [1.29, 1.82) is 0 Å². The van der Waals surface area contributed by atoms with E-state index in [0.29, 0.717) is 5.56 Å². The first kappa shape index (κ1) is 14.2. The zero-order chi connectivity index (χ0) is 13.8. The van der Waals surface area contributed by atoms with Crippen LogP contribution in [0.25, 0.3) is 0 Å². The van der Waals surface area contributed by atoms with Gasteiger partial charge in [0.2, 0.25) is 0 Å². The molecule has 0 heterocycles. The fraction of sp³-hybridized carbons (Fsp3) is 0.429. The highest BCUT2D eigenvalue weighted by Crippen LogP contribution is 2.11. The first-order valence-corrected chi connectivity index (χ1v) is 5.75. The Labute approximate surface area is 108 Å². The molecule has 0 atom stereocenters. The van der Waals surface area contributed by atoms with E-state index in [-0.39, 0.29) is 5.71 Å². The Morgan fingerprint density at radius 1 is 1.28 bits per heavy atom. The van der Waals surface area contributed by atoms with E-state index in [4.69, 9.17) is 9.57 Å². The van der Waals surface area contributed by atoms with Crippen molar-refractivity contribution in [2.24, 2.45) is 5.16 Å². The van der Waals surface area contributed by atoms with E-state index in [2.05, 4.69) is 5.16 Å². The van der Waals surface area contributed by atoms with Gasteiger partial charge in [-0.05, 0) is 33.8 Å². The number of hydrogen-bond acceptors (Lipinski definition) is 4. The number of aryl methyl sites for hydroxylation is 1. The molecule has 0 aliphatic heterocycles. The summed E-state index contributed by atoms with van der Waals surface area (Å²) in [4.78, 5) is 17.0. The molecule has 0 spiro atoms. The Morgan fingerprint density at radius 2 is 1.94 bits per heavy atom. The second-order valence-electron chi connectivity index (χ2n) is 5.00. The van der Waals surface area contributed by atoms with Gasteiger partial charge in [0.05, 0.1) is 7.11 Å². The van der Waals surface area contributed by atoms with Crippen LogP contribution < -0.4 is 0 Å². The topological polar surface area (TPSA) is 47.9 Å². The third-order valence-electron chi connectivity index (χ3n) is 2.08. The molecule has 0 aliphatic carbocycles. The Hall–Kier alpha value is -1.84. The minimum Gasteiger partial charge on any atom is -0.464 e. The van der Waals surface area contributed by atoms with Crippen LogP contribution in [-0.4, -0.2) is 24.4 Å². The summed E-state index contributed by atoms with van der Waals surface area (Å²) < 4.78 is 4.72. The summed E-state index contributed by atoms with van der Waals surface area (Å²) in [6.07, 6.45) is 0. The number of methoxy groups -OCH3 is 1. The van der Waals surface area contributed by atoms with Crippen LogP contribution in [0.1, 0.15) is 31.9 Å². The van der Waals surface area contributed by atoms with Crippen LogP contribution >= 0.6 is 0 Å². The molecule has 0 amide bonds. The van der Waals surface area contributed by atoms with E-state index in [0.717, 1.165) is 5.56 Å². The van der Waals surface area contributed by atoms with Gasteiger partial charge >= 0.3 is 5.97 Å². The second-order valence-corrected chi connectivity index (χ2v) is 5.00. The highest BCUT2D eigenvalue weighted by atomic mass is 16.6. The molecular formula is C14H19NO3. The summed E-state index contributed by atoms with van der Waals surface area (Å²) in [5.41, 5.74) is 1.45. The largest absolute Gasteiger partial charge is 0.464 e. The normalized spacial score (nSPS) is 12.2. The van der Waals surface area contributed by atoms with E-state index in [1.165, 1.54) is 7.11 Å². The van der Waals surface area contributed by atoms with Crippen LogP contribution in [0.4, 0.5) is 0 Å². The van der Waals surface area contributed by atoms with Crippen LogP contribution in [0.2, 0.25) is 0 Å². The number of esters is 1. The monoisotopic (exact) mass is 249 g/mol. The van der Waals surface area contributed by atoms with Crippen molar-refractivity contribution < 1.29 is 14.4 Å². The number of benzene rings is 1.